The molecule has 62 heavy (non-hydrogen) atoms. The number of halogens is 1. The Morgan fingerprint density at radius 1 is 0.694 bits per heavy atom. The number of nitrogens with zero attached hydrogens (tertiary/aromatic N) is 6. The molecule has 6 aliphatic rings. The maximum atomic E-state index is 13.7. The van der Waals surface area contributed by atoms with Gasteiger partial charge in [0.2, 0.25) is 0 Å². The van der Waals surface area contributed by atoms with E-state index in [1.165, 1.54) is 17.1 Å². The van der Waals surface area contributed by atoms with Crippen molar-refractivity contribution in [1.29, 1.82) is 0 Å². The summed E-state index contributed by atoms with van der Waals surface area (Å²) >= 11 is 0. The SMILES string of the molecule is CCN1C(=O)N2Cc3cc(OC)cc(OC)c3[C@H](C)C=C2C12CCN(Cc1cccn1C)CC2.CCN1C(=O)N2Cc3cc(OC)cc(OC)c3[C@H](C)C=C2C12CCNCC2.Cl. The number of likely N-dealkylation sites (N-methyl/N-ethyl adjacent to an activating group) is 2. The van der Waals surface area contributed by atoms with Gasteiger partial charge in [0, 0.05) is 98.2 Å². The van der Waals surface area contributed by atoms with Crippen molar-refractivity contribution in [2.75, 3.05) is 67.7 Å². The Kier molecular flexibility index (Phi) is 13.2. The Balaban J connectivity index is 0.000000188. The summed E-state index contributed by atoms with van der Waals surface area (Å²) in [7, 11) is 8.83. The number of hydrogen-bond acceptors (Lipinski definition) is 8. The molecule has 3 aromatic rings. The zero-order valence-corrected chi connectivity index (χ0v) is 38.9. The normalized spacial score (nSPS) is 22.3. The first-order valence-corrected chi connectivity index (χ1v) is 22.1. The predicted octanol–water partition coefficient (Wildman–Crippen LogP) is 7.84. The number of aromatic nitrogens is 1. The van der Waals surface area contributed by atoms with Crippen LogP contribution >= 0.6 is 12.4 Å². The van der Waals surface area contributed by atoms with Gasteiger partial charge in [-0.05, 0) is 88.0 Å². The number of benzene rings is 2. The molecule has 1 N–H and O–H groups in total. The number of nitrogens with one attached hydrogen (secondary N) is 1. The van der Waals surface area contributed by atoms with Crippen LogP contribution in [0.1, 0.15) is 93.2 Å². The van der Waals surface area contributed by atoms with E-state index in [0.29, 0.717) is 19.6 Å². The lowest BCUT2D eigenvalue weighted by Crippen LogP contribution is -2.53. The second-order valence-corrected chi connectivity index (χ2v) is 17.4. The number of rotatable bonds is 8. The van der Waals surface area contributed by atoms with E-state index in [4.69, 9.17) is 18.9 Å². The van der Waals surface area contributed by atoms with Gasteiger partial charge >= 0.3 is 12.1 Å². The van der Waals surface area contributed by atoms with E-state index in [9.17, 15) is 9.59 Å². The summed E-state index contributed by atoms with van der Waals surface area (Å²) in [5.41, 5.74) is 7.72. The third kappa shape index (κ3) is 7.47. The number of amides is 4. The molecule has 1 aromatic heterocycles. The van der Waals surface area contributed by atoms with Crippen molar-refractivity contribution < 1.29 is 28.5 Å². The Morgan fingerprint density at radius 2 is 1.16 bits per heavy atom. The number of methoxy groups -OCH3 is 4. The topological polar surface area (TPSA) is 104 Å². The van der Waals surface area contributed by atoms with Crippen LogP contribution in [0.15, 0.2) is 66.1 Å². The van der Waals surface area contributed by atoms with Gasteiger partial charge in [-0.15, -0.1) is 12.4 Å². The molecule has 6 aliphatic heterocycles. The van der Waals surface area contributed by atoms with Gasteiger partial charge in [0.05, 0.1) is 52.6 Å². The summed E-state index contributed by atoms with van der Waals surface area (Å²) in [6.45, 7) is 15.9. The number of fused-ring (bicyclic) bond motifs is 6. The number of carbonyl (C=O) groups excluding carboxylic acids is 2. The molecule has 4 saturated heterocycles. The van der Waals surface area contributed by atoms with E-state index >= 15 is 0 Å². The Bertz CT molecular complexity index is 2210. The Hall–Kier alpha value is -4.85. The molecule has 13 nitrogen and oxygen atoms in total. The third-order valence-electron chi connectivity index (χ3n) is 14.4. The summed E-state index contributed by atoms with van der Waals surface area (Å²) < 4.78 is 24.6. The van der Waals surface area contributed by atoms with Crippen LogP contribution in [0.25, 0.3) is 0 Å². The first kappa shape index (κ1) is 45.2. The average molecular weight is 873 g/mol. The molecule has 2 aromatic carbocycles. The van der Waals surface area contributed by atoms with Crippen LogP contribution in [0.5, 0.6) is 23.0 Å². The van der Waals surface area contributed by atoms with Crippen molar-refractivity contribution >= 4 is 24.5 Å². The zero-order chi connectivity index (χ0) is 43.2. The summed E-state index contributed by atoms with van der Waals surface area (Å²) in [5.74, 6) is 3.47. The standard InChI is InChI=1S/C27H36N4O3.C21H29N3O3.ClH/c1-6-31-26(32)30-17-20-15-22(33-4)16-23(34-5)25(20)19(2)14-24(30)27(31)9-12-29(13-10-27)18-21-8-7-11-28(21)3;1-5-24-20(25)23-13-15-11-16(26-3)12-17(27-4)19(15)14(2)10-18(23)21(24)6-8-22-9-7-21;/h7-8,11,14-16,19H,6,9-10,12-13,17-18H2,1-5H3;10-12,14,22H,5-9,13H2,1-4H3;1H/t19-;14-;/m11./s1. The van der Waals surface area contributed by atoms with E-state index < -0.39 is 0 Å². The van der Waals surface area contributed by atoms with E-state index in [2.05, 4.69) is 95.9 Å². The highest BCUT2D eigenvalue weighted by Gasteiger charge is 2.56. The summed E-state index contributed by atoms with van der Waals surface area (Å²) in [6, 6.07) is 12.5. The molecule has 336 valence electrons. The number of likely N-dealkylation sites (tertiary alicyclic amines) is 1. The van der Waals surface area contributed by atoms with Gasteiger partial charge in [0.25, 0.3) is 0 Å². The lowest BCUT2D eigenvalue weighted by Gasteiger charge is -2.44. The lowest BCUT2D eigenvalue weighted by molar-refractivity contribution is 0.0878. The monoisotopic (exact) mass is 871 g/mol. The van der Waals surface area contributed by atoms with Gasteiger partial charge in [-0.2, -0.15) is 0 Å². The second-order valence-electron chi connectivity index (χ2n) is 17.4. The fraction of sp³-hybridized carbons (Fsp3) is 0.542. The number of allylic oxidation sites excluding steroid dienone is 2. The first-order valence-electron chi connectivity index (χ1n) is 22.1. The summed E-state index contributed by atoms with van der Waals surface area (Å²) in [4.78, 5) is 37.8. The van der Waals surface area contributed by atoms with Crippen molar-refractivity contribution in [3.63, 3.8) is 0 Å². The van der Waals surface area contributed by atoms with E-state index in [1.807, 2.05) is 28.0 Å². The predicted molar refractivity (Wildman–Crippen MR) is 243 cm³/mol. The molecule has 0 bridgehead atoms. The summed E-state index contributed by atoms with van der Waals surface area (Å²) in [5, 5.41) is 3.45. The van der Waals surface area contributed by atoms with Crippen LogP contribution < -0.4 is 24.3 Å². The molecule has 0 unspecified atom stereocenters. The van der Waals surface area contributed by atoms with Crippen LogP contribution in [0.2, 0.25) is 0 Å². The molecule has 4 fully saturated rings. The van der Waals surface area contributed by atoms with Crippen molar-refractivity contribution in [3.05, 3.63) is 94.1 Å². The molecule has 4 amide bonds. The molecule has 0 radical (unpaired) electrons. The minimum atomic E-state index is -0.246. The van der Waals surface area contributed by atoms with Crippen molar-refractivity contribution in [1.82, 2.24) is 34.4 Å². The van der Waals surface area contributed by atoms with E-state index in [-0.39, 0.29) is 47.4 Å². The number of carbonyl (C=O) groups is 2. The minimum Gasteiger partial charge on any atom is -0.497 e. The zero-order valence-electron chi connectivity index (χ0n) is 38.1. The highest BCUT2D eigenvalue weighted by molar-refractivity contribution is 5.85. The molecular weight excluding hydrogens is 806 g/mol. The maximum Gasteiger partial charge on any atom is 0.325 e. The van der Waals surface area contributed by atoms with Gasteiger partial charge in [-0.25, -0.2) is 9.59 Å². The largest absolute Gasteiger partial charge is 0.497 e. The first-order chi connectivity index (χ1) is 29.5. The fourth-order valence-corrected chi connectivity index (χ4v) is 11.3. The van der Waals surface area contributed by atoms with Gasteiger partial charge in [0.15, 0.2) is 0 Å². The highest BCUT2D eigenvalue weighted by Crippen LogP contribution is 2.50. The van der Waals surface area contributed by atoms with Crippen LogP contribution in [0, 0.1) is 0 Å². The molecule has 2 spiro atoms. The molecule has 0 aliphatic carbocycles. The van der Waals surface area contributed by atoms with Gasteiger partial charge in [0.1, 0.15) is 23.0 Å². The van der Waals surface area contributed by atoms with Crippen LogP contribution in [-0.2, 0) is 26.7 Å². The number of ether oxygens (including phenoxy) is 4. The molecule has 14 heteroatoms. The van der Waals surface area contributed by atoms with Crippen LogP contribution in [0.3, 0.4) is 0 Å². The molecular formula is C48H66ClN7O6. The van der Waals surface area contributed by atoms with E-state index in [1.54, 1.807) is 28.4 Å². The number of hydrogen-bond donors (Lipinski definition) is 1. The number of piperidine rings is 2. The smallest absolute Gasteiger partial charge is 0.325 e. The average Bonchev–Trinajstić information content (AvgIpc) is 3.73. The van der Waals surface area contributed by atoms with Crippen LogP contribution in [-0.4, -0.2) is 120 Å². The van der Waals surface area contributed by atoms with Gasteiger partial charge in [-0.1, -0.05) is 26.0 Å². The van der Waals surface area contributed by atoms with Crippen LogP contribution in [0.4, 0.5) is 9.59 Å². The Morgan fingerprint density at radius 3 is 1.56 bits per heavy atom. The molecule has 2 atom stereocenters. The van der Waals surface area contributed by atoms with Gasteiger partial charge in [-0.3, -0.25) is 14.7 Å². The van der Waals surface area contributed by atoms with Crippen molar-refractivity contribution in [3.8, 4) is 23.0 Å². The van der Waals surface area contributed by atoms with Crippen molar-refractivity contribution in [2.24, 2.45) is 7.05 Å². The maximum absolute atomic E-state index is 13.7. The summed E-state index contributed by atoms with van der Waals surface area (Å²) in [6.07, 6.45) is 10.5. The quantitative estimate of drug-likeness (QED) is 0.245. The fourth-order valence-electron chi connectivity index (χ4n) is 11.3. The highest BCUT2D eigenvalue weighted by atomic mass is 35.5. The number of aryl methyl sites for hydroxylation is 1. The lowest BCUT2D eigenvalue weighted by atomic mass is 9.82. The van der Waals surface area contributed by atoms with E-state index in [0.717, 1.165) is 110 Å². The second kappa shape index (κ2) is 18.1. The molecule has 0 saturated carbocycles. The third-order valence-corrected chi connectivity index (χ3v) is 14.4. The molecule has 9 rings (SSSR count). The Labute approximate surface area is 374 Å². The minimum absolute atomic E-state index is 0. The number of urea groups is 2. The van der Waals surface area contributed by atoms with Crippen molar-refractivity contribution in [2.45, 2.75) is 95.9 Å². The van der Waals surface area contributed by atoms with Gasteiger partial charge < -0.3 is 38.6 Å². The molecule has 7 heterocycles.